The number of imidazole rings is 1. The SMILES string of the molecule is CCn1cc(-n2ccnc2)c2c(-c3c(C)ccc(O)c3C)cc(C(N)=O)nc21. The minimum Gasteiger partial charge on any atom is -0.508 e. The molecule has 0 aliphatic rings. The zero-order chi connectivity index (χ0) is 20.0. The number of aryl methyl sites for hydroxylation is 2. The number of fused-ring (bicyclic) bond motifs is 1. The maximum Gasteiger partial charge on any atom is 0.267 e. The number of phenolic OH excluding ortho intramolecular Hbond substituents is 1. The van der Waals surface area contributed by atoms with E-state index in [4.69, 9.17) is 5.73 Å². The van der Waals surface area contributed by atoms with Crippen molar-refractivity contribution < 1.29 is 9.90 Å². The average Bonchev–Trinajstić information content (AvgIpc) is 3.32. The topological polar surface area (TPSA) is 99.0 Å². The lowest BCUT2D eigenvalue weighted by Crippen LogP contribution is -2.14. The zero-order valence-electron chi connectivity index (χ0n) is 16.0. The first-order valence-electron chi connectivity index (χ1n) is 9.04. The van der Waals surface area contributed by atoms with Gasteiger partial charge in [0.2, 0.25) is 0 Å². The Kier molecular flexibility index (Phi) is 4.15. The van der Waals surface area contributed by atoms with Gasteiger partial charge < -0.3 is 20.0 Å². The minimum atomic E-state index is -0.591. The molecule has 0 unspecified atom stereocenters. The Balaban J connectivity index is 2.20. The van der Waals surface area contributed by atoms with Crippen LogP contribution in [-0.2, 0) is 6.54 Å². The second-order valence-corrected chi connectivity index (χ2v) is 6.79. The minimum absolute atomic E-state index is 0.189. The Morgan fingerprint density at radius 3 is 2.71 bits per heavy atom. The fraction of sp³-hybridized carbons (Fsp3) is 0.190. The molecule has 1 aromatic carbocycles. The normalized spacial score (nSPS) is 11.2. The number of aromatic nitrogens is 4. The molecule has 3 aromatic heterocycles. The molecule has 3 heterocycles. The number of aromatic hydroxyl groups is 1. The van der Waals surface area contributed by atoms with Gasteiger partial charge in [0, 0.05) is 25.1 Å². The molecular weight excluding hydrogens is 354 g/mol. The molecule has 3 N–H and O–H groups in total. The van der Waals surface area contributed by atoms with Crippen LogP contribution in [0.4, 0.5) is 0 Å². The Bertz CT molecular complexity index is 1210. The van der Waals surface area contributed by atoms with Crippen LogP contribution in [0.3, 0.4) is 0 Å². The highest BCUT2D eigenvalue weighted by atomic mass is 16.3. The van der Waals surface area contributed by atoms with Gasteiger partial charge >= 0.3 is 0 Å². The molecule has 0 saturated heterocycles. The van der Waals surface area contributed by atoms with Gasteiger partial charge in [-0.25, -0.2) is 9.97 Å². The molecule has 0 atom stereocenters. The summed E-state index contributed by atoms with van der Waals surface area (Å²) in [4.78, 5) is 20.7. The number of carbonyl (C=O) groups is 1. The number of nitrogens with zero attached hydrogens (tertiary/aromatic N) is 4. The van der Waals surface area contributed by atoms with Gasteiger partial charge in [-0.15, -0.1) is 0 Å². The van der Waals surface area contributed by atoms with Gasteiger partial charge in [0.05, 0.1) is 17.4 Å². The summed E-state index contributed by atoms with van der Waals surface area (Å²) in [6.07, 6.45) is 7.29. The maximum absolute atomic E-state index is 12.0. The molecule has 0 bridgehead atoms. The van der Waals surface area contributed by atoms with Gasteiger partial charge in [-0.3, -0.25) is 4.79 Å². The molecule has 0 radical (unpaired) electrons. The predicted molar refractivity (Wildman–Crippen MR) is 108 cm³/mol. The van der Waals surface area contributed by atoms with Crippen molar-refractivity contribution in [2.75, 3.05) is 0 Å². The molecule has 1 amide bonds. The van der Waals surface area contributed by atoms with Crippen LogP contribution in [0.2, 0.25) is 0 Å². The van der Waals surface area contributed by atoms with Crippen LogP contribution in [0.5, 0.6) is 5.75 Å². The lowest BCUT2D eigenvalue weighted by molar-refractivity contribution is 0.0996. The van der Waals surface area contributed by atoms with Crippen LogP contribution in [0.25, 0.3) is 27.8 Å². The first kappa shape index (κ1) is 17.8. The van der Waals surface area contributed by atoms with Crippen LogP contribution >= 0.6 is 0 Å². The van der Waals surface area contributed by atoms with Crippen molar-refractivity contribution in [1.82, 2.24) is 19.1 Å². The number of amides is 1. The summed E-state index contributed by atoms with van der Waals surface area (Å²) in [5.41, 5.74) is 10.7. The van der Waals surface area contributed by atoms with E-state index >= 15 is 0 Å². The van der Waals surface area contributed by atoms with E-state index in [1.165, 1.54) is 0 Å². The van der Waals surface area contributed by atoms with Crippen molar-refractivity contribution in [3.8, 4) is 22.6 Å². The Labute approximate surface area is 162 Å². The molecular formula is C21H21N5O2. The molecule has 4 aromatic rings. The summed E-state index contributed by atoms with van der Waals surface area (Å²) >= 11 is 0. The van der Waals surface area contributed by atoms with Crippen molar-refractivity contribution in [3.05, 3.63) is 59.9 Å². The number of primary amides is 1. The van der Waals surface area contributed by atoms with Crippen molar-refractivity contribution in [3.63, 3.8) is 0 Å². The van der Waals surface area contributed by atoms with Gasteiger partial charge in [-0.2, -0.15) is 0 Å². The third-order valence-corrected chi connectivity index (χ3v) is 5.10. The van der Waals surface area contributed by atoms with E-state index in [1.807, 2.05) is 48.4 Å². The number of rotatable bonds is 4. The van der Waals surface area contributed by atoms with Crippen molar-refractivity contribution >= 4 is 16.9 Å². The molecule has 4 rings (SSSR count). The predicted octanol–water partition coefficient (Wildman–Crippen LogP) is 3.33. The molecule has 0 aliphatic carbocycles. The Hall–Kier alpha value is -3.61. The summed E-state index contributed by atoms with van der Waals surface area (Å²) in [5, 5.41) is 11.2. The second kappa shape index (κ2) is 6.53. The molecule has 7 nitrogen and oxygen atoms in total. The van der Waals surface area contributed by atoms with Crippen molar-refractivity contribution in [1.29, 1.82) is 0 Å². The maximum atomic E-state index is 12.0. The van der Waals surface area contributed by atoms with Gasteiger partial charge in [-0.1, -0.05) is 6.07 Å². The number of hydrogen-bond acceptors (Lipinski definition) is 4. The molecule has 28 heavy (non-hydrogen) atoms. The van der Waals surface area contributed by atoms with Crippen molar-refractivity contribution in [2.45, 2.75) is 27.3 Å². The number of carbonyl (C=O) groups excluding carboxylic acids is 1. The van der Waals surface area contributed by atoms with Crippen LogP contribution < -0.4 is 5.73 Å². The first-order valence-corrected chi connectivity index (χ1v) is 9.04. The monoisotopic (exact) mass is 375 g/mol. The highest BCUT2D eigenvalue weighted by Crippen LogP contribution is 2.39. The van der Waals surface area contributed by atoms with Gasteiger partial charge in [0.1, 0.15) is 17.1 Å². The van der Waals surface area contributed by atoms with Crippen LogP contribution in [0.1, 0.15) is 28.5 Å². The van der Waals surface area contributed by atoms with E-state index in [-0.39, 0.29) is 11.4 Å². The first-order chi connectivity index (χ1) is 13.4. The summed E-state index contributed by atoms with van der Waals surface area (Å²) in [7, 11) is 0. The smallest absolute Gasteiger partial charge is 0.267 e. The summed E-state index contributed by atoms with van der Waals surface area (Å²) in [5.74, 6) is -0.392. The zero-order valence-corrected chi connectivity index (χ0v) is 16.0. The van der Waals surface area contributed by atoms with Gasteiger partial charge in [0.25, 0.3) is 5.91 Å². The third-order valence-electron chi connectivity index (χ3n) is 5.10. The summed E-state index contributed by atoms with van der Waals surface area (Å²) in [6.45, 7) is 6.53. The number of hydrogen-bond donors (Lipinski definition) is 2. The third kappa shape index (κ3) is 2.63. The van der Waals surface area contributed by atoms with E-state index in [2.05, 4.69) is 9.97 Å². The Morgan fingerprint density at radius 2 is 2.07 bits per heavy atom. The molecule has 0 fully saturated rings. The Morgan fingerprint density at radius 1 is 1.29 bits per heavy atom. The lowest BCUT2D eigenvalue weighted by atomic mass is 9.92. The van der Waals surface area contributed by atoms with E-state index in [9.17, 15) is 9.90 Å². The fourth-order valence-corrected chi connectivity index (χ4v) is 3.68. The van der Waals surface area contributed by atoms with E-state index in [0.717, 1.165) is 33.3 Å². The highest BCUT2D eigenvalue weighted by Gasteiger charge is 2.21. The van der Waals surface area contributed by atoms with E-state index in [0.29, 0.717) is 12.2 Å². The fourth-order valence-electron chi connectivity index (χ4n) is 3.68. The van der Waals surface area contributed by atoms with E-state index < -0.39 is 5.91 Å². The average molecular weight is 375 g/mol. The second-order valence-electron chi connectivity index (χ2n) is 6.79. The van der Waals surface area contributed by atoms with E-state index in [1.54, 1.807) is 24.7 Å². The number of nitrogens with two attached hydrogens (primary N) is 1. The molecule has 0 aliphatic heterocycles. The summed E-state index contributed by atoms with van der Waals surface area (Å²) in [6, 6.07) is 5.25. The molecule has 7 heteroatoms. The number of phenols is 1. The van der Waals surface area contributed by atoms with Crippen LogP contribution in [-0.4, -0.2) is 30.1 Å². The van der Waals surface area contributed by atoms with Gasteiger partial charge in [-0.05, 0) is 55.2 Å². The van der Waals surface area contributed by atoms with Crippen LogP contribution in [0.15, 0.2) is 43.1 Å². The lowest BCUT2D eigenvalue weighted by Gasteiger charge is -2.15. The van der Waals surface area contributed by atoms with Gasteiger partial charge in [0.15, 0.2) is 0 Å². The standard InChI is InChI=1S/C21H21N5O2/c1-4-25-10-16(26-8-7-23-11-26)19-14(9-15(20(22)28)24-21(19)25)18-12(2)5-6-17(27)13(18)3/h5-11,27H,4H2,1-3H3,(H2,22,28). The van der Waals surface area contributed by atoms with Crippen LogP contribution in [0, 0.1) is 13.8 Å². The molecule has 142 valence electrons. The van der Waals surface area contributed by atoms with Crippen molar-refractivity contribution in [2.24, 2.45) is 5.73 Å². The highest BCUT2D eigenvalue weighted by molar-refractivity contribution is 6.05. The summed E-state index contributed by atoms with van der Waals surface area (Å²) < 4.78 is 3.89. The number of pyridine rings is 1. The molecule has 0 spiro atoms. The number of benzene rings is 1. The molecule has 0 saturated carbocycles. The largest absolute Gasteiger partial charge is 0.508 e. The quantitative estimate of drug-likeness (QED) is 0.571.